The van der Waals surface area contributed by atoms with Crippen LogP contribution in [-0.2, 0) is 0 Å². The van der Waals surface area contributed by atoms with Gasteiger partial charge in [0, 0.05) is 13.0 Å². The second-order valence-corrected chi connectivity index (χ2v) is 5.47. The predicted molar refractivity (Wildman–Crippen MR) is 74.8 cm³/mol. The Kier molecular flexibility index (Phi) is 3.30. The topological polar surface area (TPSA) is 61.8 Å². The molecule has 2 aliphatic rings. The van der Waals surface area contributed by atoms with Crippen molar-refractivity contribution in [2.45, 2.75) is 44.0 Å². The Labute approximate surface area is 118 Å². The Hall–Kier alpha value is -1.75. The number of hydrogen-bond acceptors (Lipinski definition) is 3. The summed E-state index contributed by atoms with van der Waals surface area (Å²) in [5.41, 5.74) is -0.773. The molecule has 1 aromatic rings. The minimum atomic E-state index is -0.886. The van der Waals surface area contributed by atoms with Crippen molar-refractivity contribution in [3.05, 3.63) is 30.3 Å². The molecule has 3 rings (SSSR count). The molecule has 5 nitrogen and oxygen atoms in total. The van der Waals surface area contributed by atoms with Crippen LogP contribution < -0.4 is 10.1 Å². The normalized spacial score (nSPS) is 32.1. The Morgan fingerprint density at radius 1 is 1.50 bits per heavy atom. The quantitative estimate of drug-likeness (QED) is 0.889. The van der Waals surface area contributed by atoms with E-state index in [1.54, 1.807) is 0 Å². The van der Waals surface area contributed by atoms with Crippen molar-refractivity contribution in [3.63, 3.8) is 0 Å². The van der Waals surface area contributed by atoms with Crippen LogP contribution >= 0.6 is 0 Å². The number of fused-ring (bicyclic) bond motifs is 2. The Morgan fingerprint density at radius 3 is 2.90 bits per heavy atom. The first-order valence-electron chi connectivity index (χ1n) is 7.17. The second kappa shape index (κ2) is 4.98. The number of piperazine rings is 1. The number of benzene rings is 1. The highest BCUT2D eigenvalue weighted by Gasteiger charge is 2.58. The zero-order valence-corrected chi connectivity index (χ0v) is 11.6. The van der Waals surface area contributed by atoms with Gasteiger partial charge in [-0.1, -0.05) is 25.1 Å². The fraction of sp³-hybridized carbons (Fsp3) is 0.533. The van der Waals surface area contributed by atoms with Crippen molar-refractivity contribution in [2.24, 2.45) is 0 Å². The summed E-state index contributed by atoms with van der Waals surface area (Å²) in [5.74, 6) is 0.724. The standard InChI is InChI=1S/C15H20N2O3/c1-2-13-15(20-12-6-4-3-5-7-12)9-8-11(10-16-13)17(15)14(18)19/h3-7,11,13,16H,2,8-10H2,1H3,(H,18,19). The number of ether oxygens (including phenoxy) is 1. The van der Waals surface area contributed by atoms with Gasteiger partial charge >= 0.3 is 6.09 Å². The molecule has 2 saturated heterocycles. The van der Waals surface area contributed by atoms with Crippen LogP contribution in [0.15, 0.2) is 30.3 Å². The van der Waals surface area contributed by atoms with Gasteiger partial charge < -0.3 is 15.2 Å². The molecule has 3 atom stereocenters. The van der Waals surface area contributed by atoms with E-state index < -0.39 is 11.8 Å². The number of rotatable bonds is 3. The van der Waals surface area contributed by atoms with Crippen LogP contribution in [0.1, 0.15) is 26.2 Å². The third-order valence-corrected chi connectivity index (χ3v) is 4.41. The van der Waals surface area contributed by atoms with E-state index in [9.17, 15) is 9.90 Å². The molecule has 0 spiro atoms. The molecule has 0 saturated carbocycles. The van der Waals surface area contributed by atoms with E-state index in [0.717, 1.165) is 25.0 Å². The van der Waals surface area contributed by atoms with Crippen molar-refractivity contribution in [2.75, 3.05) is 6.54 Å². The first kappa shape index (κ1) is 13.2. The summed E-state index contributed by atoms with van der Waals surface area (Å²) < 4.78 is 6.19. The molecule has 5 heteroatoms. The average molecular weight is 276 g/mol. The van der Waals surface area contributed by atoms with Crippen LogP contribution in [0, 0.1) is 0 Å². The highest BCUT2D eigenvalue weighted by molar-refractivity contribution is 5.67. The molecule has 2 aliphatic heterocycles. The highest BCUT2D eigenvalue weighted by Crippen LogP contribution is 2.42. The van der Waals surface area contributed by atoms with E-state index in [0.29, 0.717) is 6.54 Å². The molecule has 2 N–H and O–H groups in total. The molecular formula is C15H20N2O3. The number of carboxylic acid groups (broad SMARTS) is 1. The minimum absolute atomic E-state index is 0.0130. The molecule has 0 aliphatic carbocycles. The van der Waals surface area contributed by atoms with Gasteiger partial charge in [0.1, 0.15) is 5.75 Å². The number of hydrogen-bond donors (Lipinski definition) is 2. The maximum atomic E-state index is 11.7. The van der Waals surface area contributed by atoms with Gasteiger partial charge in [-0.05, 0) is 25.0 Å². The maximum Gasteiger partial charge on any atom is 0.410 e. The van der Waals surface area contributed by atoms with Crippen LogP contribution in [0.4, 0.5) is 4.79 Å². The second-order valence-electron chi connectivity index (χ2n) is 5.47. The summed E-state index contributed by atoms with van der Waals surface area (Å²) in [6.45, 7) is 2.77. The van der Waals surface area contributed by atoms with Gasteiger partial charge in [0.25, 0.3) is 0 Å². The van der Waals surface area contributed by atoms with Gasteiger partial charge in [-0.15, -0.1) is 0 Å². The van der Waals surface area contributed by atoms with E-state index in [-0.39, 0.29) is 12.1 Å². The fourth-order valence-electron chi connectivity index (χ4n) is 3.55. The van der Waals surface area contributed by atoms with Crippen molar-refractivity contribution in [3.8, 4) is 5.75 Å². The number of carbonyl (C=O) groups is 1. The van der Waals surface area contributed by atoms with E-state index in [2.05, 4.69) is 12.2 Å². The third kappa shape index (κ3) is 1.93. The highest BCUT2D eigenvalue weighted by atomic mass is 16.5. The zero-order valence-electron chi connectivity index (χ0n) is 11.6. The number of para-hydroxylation sites is 1. The van der Waals surface area contributed by atoms with Gasteiger partial charge in [-0.25, -0.2) is 4.79 Å². The SMILES string of the molecule is CCC1NCC2CCC1(Oc1ccccc1)N2C(=O)O. The lowest BCUT2D eigenvalue weighted by molar-refractivity contribution is -0.0999. The summed E-state index contributed by atoms with van der Waals surface area (Å²) in [4.78, 5) is 13.2. The van der Waals surface area contributed by atoms with E-state index >= 15 is 0 Å². The number of nitrogens with one attached hydrogen (secondary N) is 1. The summed E-state index contributed by atoms with van der Waals surface area (Å²) in [6, 6.07) is 9.53. The Balaban J connectivity index is 1.97. The van der Waals surface area contributed by atoms with E-state index in [1.807, 2.05) is 30.3 Å². The predicted octanol–water partition coefficient (Wildman–Crippen LogP) is 2.29. The maximum absolute atomic E-state index is 11.7. The van der Waals surface area contributed by atoms with Gasteiger partial charge in [-0.2, -0.15) is 0 Å². The summed E-state index contributed by atoms with van der Waals surface area (Å²) in [5, 5.41) is 13.0. The first-order chi connectivity index (χ1) is 9.67. The lowest BCUT2D eigenvalue weighted by Crippen LogP contribution is -2.69. The lowest BCUT2D eigenvalue weighted by Gasteiger charge is -2.48. The smallest absolute Gasteiger partial charge is 0.410 e. The lowest BCUT2D eigenvalue weighted by atomic mass is 9.97. The average Bonchev–Trinajstić information content (AvgIpc) is 2.71. The van der Waals surface area contributed by atoms with E-state index in [1.165, 1.54) is 4.90 Å². The van der Waals surface area contributed by atoms with Gasteiger partial charge in [-0.3, -0.25) is 4.90 Å². The number of amides is 1. The first-order valence-corrected chi connectivity index (χ1v) is 7.17. The molecular weight excluding hydrogens is 256 g/mol. The fourth-order valence-corrected chi connectivity index (χ4v) is 3.55. The summed E-state index contributed by atoms with van der Waals surface area (Å²) in [6.07, 6.45) is 1.54. The van der Waals surface area contributed by atoms with Crippen LogP contribution in [0.5, 0.6) is 5.75 Å². The summed E-state index contributed by atoms with van der Waals surface area (Å²) >= 11 is 0. The van der Waals surface area contributed by atoms with Crippen LogP contribution in [0.3, 0.4) is 0 Å². The molecule has 20 heavy (non-hydrogen) atoms. The van der Waals surface area contributed by atoms with Gasteiger partial charge in [0.15, 0.2) is 0 Å². The van der Waals surface area contributed by atoms with Crippen molar-refractivity contribution >= 4 is 6.09 Å². The van der Waals surface area contributed by atoms with Crippen molar-refractivity contribution < 1.29 is 14.6 Å². The van der Waals surface area contributed by atoms with Crippen molar-refractivity contribution in [1.29, 1.82) is 0 Å². The van der Waals surface area contributed by atoms with E-state index in [4.69, 9.17) is 4.74 Å². The molecule has 1 amide bonds. The monoisotopic (exact) mass is 276 g/mol. The van der Waals surface area contributed by atoms with Crippen LogP contribution in [0.25, 0.3) is 0 Å². The molecule has 2 heterocycles. The van der Waals surface area contributed by atoms with Gasteiger partial charge in [0.05, 0.1) is 12.1 Å². The Bertz CT molecular complexity index is 493. The molecule has 2 bridgehead atoms. The largest absolute Gasteiger partial charge is 0.466 e. The third-order valence-electron chi connectivity index (χ3n) is 4.41. The Morgan fingerprint density at radius 2 is 2.25 bits per heavy atom. The molecule has 3 unspecified atom stereocenters. The number of nitrogens with zero attached hydrogens (tertiary/aromatic N) is 1. The summed E-state index contributed by atoms with van der Waals surface area (Å²) in [7, 11) is 0. The molecule has 0 aromatic heterocycles. The van der Waals surface area contributed by atoms with Gasteiger partial charge in [0.2, 0.25) is 5.72 Å². The zero-order chi connectivity index (χ0) is 14.2. The molecule has 2 fully saturated rings. The minimum Gasteiger partial charge on any atom is -0.466 e. The van der Waals surface area contributed by atoms with Crippen molar-refractivity contribution in [1.82, 2.24) is 10.2 Å². The van der Waals surface area contributed by atoms with Crippen LogP contribution in [-0.4, -0.2) is 40.5 Å². The molecule has 1 aromatic carbocycles. The molecule has 108 valence electrons. The molecule has 0 radical (unpaired) electrons. The van der Waals surface area contributed by atoms with Crippen LogP contribution in [0.2, 0.25) is 0 Å².